The van der Waals surface area contributed by atoms with Crippen molar-refractivity contribution < 1.29 is 0 Å². The summed E-state index contributed by atoms with van der Waals surface area (Å²) < 4.78 is 0. The van der Waals surface area contributed by atoms with Gasteiger partial charge in [-0.15, -0.1) is 0 Å². The van der Waals surface area contributed by atoms with Gasteiger partial charge in [-0.25, -0.2) is 0 Å². The van der Waals surface area contributed by atoms with Crippen LogP contribution in [0.1, 0.15) is 18.1 Å². The average Bonchev–Trinajstić information content (AvgIpc) is 2.25. The van der Waals surface area contributed by atoms with E-state index < -0.39 is 0 Å². The molecule has 1 rings (SSSR count). The molecule has 0 aliphatic heterocycles. The van der Waals surface area contributed by atoms with Crippen molar-refractivity contribution in [1.29, 1.82) is 0 Å². The Morgan fingerprint density at radius 1 is 1.40 bits per heavy atom. The summed E-state index contributed by atoms with van der Waals surface area (Å²) in [4.78, 5) is 2.31. The molecule has 0 bridgehead atoms. The summed E-state index contributed by atoms with van der Waals surface area (Å²) in [5.74, 6) is 0. The molecule has 1 unspecified atom stereocenters. The van der Waals surface area contributed by atoms with E-state index in [1.807, 2.05) is 0 Å². The van der Waals surface area contributed by atoms with Crippen LogP contribution in [0.5, 0.6) is 0 Å². The van der Waals surface area contributed by atoms with E-state index in [4.69, 9.17) is 5.73 Å². The van der Waals surface area contributed by atoms with Crippen LogP contribution in [-0.2, 0) is 6.42 Å². The van der Waals surface area contributed by atoms with Gasteiger partial charge >= 0.3 is 0 Å². The van der Waals surface area contributed by atoms with Gasteiger partial charge in [0, 0.05) is 19.1 Å². The monoisotopic (exact) mass is 206 g/mol. The Morgan fingerprint density at radius 2 is 2.13 bits per heavy atom. The molecule has 0 radical (unpaired) electrons. The Labute approximate surface area is 93.1 Å². The second-order valence-electron chi connectivity index (χ2n) is 4.30. The minimum atomic E-state index is 0.467. The highest BCUT2D eigenvalue weighted by molar-refractivity contribution is 5.22. The summed E-state index contributed by atoms with van der Waals surface area (Å²) in [6.07, 6.45) is 1.10. The van der Waals surface area contributed by atoms with Crippen LogP contribution in [0.15, 0.2) is 24.3 Å². The van der Waals surface area contributed by atoms with Crippen molar-refractivity contribution in [3.63, 3.8) is 0 Å². The zero-order valence-electron chi connectivity index (χ0n) is 10.0. The SMILES string of the molecule is Cc1cccc(CCN(C)C(C)CN)c1. The predicted molar refractivity (Wildman–Crippen MR) is 66.0 cm³/mol. The van der Waals surface area contributed by atoms with Crippen molar-refractivity contribution in [3.8, 4) is 0 Å². The molecule has 1 atom stereocenters. The smallest absolute Gasteiger partial charge is 0.0187 e. The van der Waals surface area contributed by atoms with E-state index in [-0.39, 0.29) is 0 Å². The molecule has 2 heteroatoms. The number of nitrogens with zero attached hydrogens (tertiary/aromatic N) is 1. The molecule has 0 saturated heterocycles. The fraction of sp³-hybridized carbons (Fsp3) is 0.538. The van der Waals surface area contributed by atoms with Crippen LogP contribution < -0.4 is 5.73 Å². The number of nitrogens with two attached hydrogens (primary N) is 1. The zero-order valence-corrected chi connectivity index (χ0v) is 10.0. The minimum Gasteiger partial charge on any atom is -0.329 e. The van der Waals surface area contributed by atoms with E-state index in [1.54, 1.807) is 0 Å². The lowest BCUT2D eigenvalue weighted by Gasteiger charge is -2.23. The maximum atomic E-state index is 5.62. The summed E-state index contributed by atoms with van der Waals surface area (Å²) >= 11 is 0. The third-order valence-electron chi connectivity index (χ3n) is 2.93. The quantitative estimate of drug-likeness (QED) is 0.796. The van der Waals surface area contributed by atoms with Crippen LogP contribution in [-0.4, -0.2) is 31.1 Å². The van der Waals surface area contributed by atoms with Crippen LogP contribution in [0.3, 0.4) is 0 Å². The molecule has 0 spiro atoms. The van der Waals surface area contributed by atoms with Gasteiger partial charge in [-0.2, -0.15) is 0 Å². The molecule has 1 aromatic carbocycles. The van der Waals surface area contributed by atoms with Crippen LogP contribution in [0.25, 0.3) is 0 Å². The van der Waals surface area contributed by atoms with Gasteiger partial charge in [-0.1, -0.05) is 29.8 Å². The third-order valence-corrected chi connectivity index (χ3v) is 2.93. The molecule has 84 valence electrons. The largest absolute Gasteiger partial charge is 0.329 e. The average molecular weight is 206 g/mol. The highest BCUT2D eigenvalue weighted by Gasteiger charge is 2.06. The van der Waals surface area contributed by atoms with Gasteiger partial charge in [0.2, 0.25) is 0 Å². The van der Waals surface area contributed by atoms with Crippen LogP contribution in [0, 0.1) is 6.92 Å². The number of hydrogen-bond acceptors (Lipinski definition) is 2. The summed E-state index contributed by atoms with van der Waals surface area (Å²) in [6.45, 7) is 6.10. The molecule has 0 aliphatic rings. The molecule has 2 N–H and O–H groups in total. The Kier molecular flexibility index (Phi) is 4.79. The van der Waals surface area contributed by atoms with Gasteiger partial charge in [-0.05, 0) is 32.9 Å². The van der Waals surface area contributed by atoms with Crippen molar-refractivity contribution >= 4 is 0 Å². The second kappa shape index (κ2) is 5.89. The van der Waals surface area contributed by atoms with E-state index in [2.05, 4.69) is 50.1 Å². The van der Waals surface area contributed by atoms with Crippen molar-refractivity contribution in [2.45, 2.75) is 26.3 Å². The molecule has 0 heterocycles. The Hall–Kier alpha value is -0.860. The van der Waals surface area contributed by atoms with E-state index >= 15 is 0 Å². The van der Waals surface area contributed by atoms with Gasteiger partial charge < -0.3 is 10.6 Å². The molecule has 15 heavy (non-hydrogen) atoms. The molecule has 0 aliphatic carbocycles. The highest BCUT2D eigenvalue weighted by atomic mass is 15.1. The summed E-state index contributed by atoms with van der Waals surface area (Å²) in [5, 5.41) is 0. The summed E-state index contributed by atoms with van der Waals surface area (Å²) in [6, 6.07) is 9.16. The van der Waals surface area contributed by atoms with Crippen LogP contribution in [0.2, 0.25) is 0 Å². The second-order valence-corrected chi connectivity index (χ2v) is 4.30. The van der Waals surface area contributed by atoms with E-state index in [0.29, 0.717) is 6.04 Å². The molecular weight excluding hydrogens is 184 g/mol. The molecule has 1 aromatic rings. The van der Waals surface area contributed by atoms with E-state index in [0.717, 1.165) is 19.5 Å². The summed E-state index contributed by atoms with van der Waals surface area (Å²) in [5.41, 5.74) is 8.37. The third kappa shape index (κ3) is 4.02. The maximum absolute atomic E-state index is 5.62. The first-order valence-electron chi connectivity index (χ1n) is 5.59. The zero-order chi connectivity index (χ0) is 11.3. The maximum Gasteiger partial charge on any atom is 0.0187 e. The molecule has 0 aromatic heterocycles. The summed E-state index contributed by atoms with van der Waals surface area (Å²) in [7, 11) is 2.13. The van der Waals surface area contributed by atoms with Gasteiger partial charge in [0.1, 0.15) is 0 Å². The van der Waals surface area contributed by atoms with Gasteiger partial charge in [0.15, 0.2) is 0 Å². The first-order valence-corrected chi connectivity index (χ1v) is 5.59. The molecular formula is C13H22N2. The number of hydrogen-bond donors (Lipinski definition) is 1. The first kappa shape index (κ1) is 12.2. The van der Waals surface area contributed by atoms with Gasteiger partial charge in [-0.3, -0.25) is 0 Å². The fourth-order valence-electron chi connectivity index (χ4n) is 1.57. The minimum absolute atomic E-state index is 0.467. The Balaban J connectivity index is 2.43. The normalized spacial score (nSPS) is 13.1. The molecule has 0 fully saturated rings. The topological polar surface area (TPSA) is 29.3 Å². The van der Waals surface area contributed by atoms with Crippen LogP contribution in [0.4, 0.5) is 0 Å². The lowest BCUT2D eigenvalue weighted by atomic mass is 10.1. The van der Waals surface area contributed by atoms with Gasteiger partial charge in [0.25, 0.3) is 0 Å². The lowest BCUT2D eigenvalue weighted by Crippen LogP contribution is -2.36. The van der Waals surface area contributed by atoms with Crippen LogP contribution >= 0.6 is 0 Å². The fourth-order valence-corrected chi connectivity index (χ4v) is 1.57. The Morgan fingerprint density at radius 3 is 2.73 bits per heavy atom. The van der Waals surface area contributed by atoms with Crippen molar-refractivity contribution in [3.05, 3.63) is 35.4 Å². The first-order chi connectivity index (χ1) is 7.13. The van der Waals surface area contributed by atoms with Crippen molar-refractivity contribution in [1.82, 2.24) is 4.90 Å². The van der Waals surface area contributed by atoms with Gasteiger partial charge in [0.05, 0.1) is 0 Å². The number of aryl methyl sites for hydroxylation is 1. The van der Waals surface area contributed by atoms with Crippen molar-refractivity contribution in [2.24, 2.45) is 5.73 Å². The molecule has 0 amide bonds. The Bertz CT molecular complexity index is 296. The predicted octanol–water partition coefficient (Wildman–Crippen LogP) is 1.82. The highest BCUT2D eigenvalue weighted by Crippen LogP contribution is 2.06. The molecule has 0 saturated carbocycles. The standard InChI is InChI=1S/C13H22N2/c1-11-5-4-6-13(9-11)7-8-15(3)12(2)10-14/h4-6,9,12H,7-8,10,14H2,1-3H3. The van der Waals surface area contributed by atoms with E-state index in [1.165, 1.54) is 11.1 Å². The van der Waals surface area contributed by atoms with E-state index in [9.17, 15) is 0 Å². The lowest BCUT2D eigenvalue weighted by molar-refractivity contribution is 0.266. The number of likely N-dealkylation sites (N-methyl/N-ethyl adjacent to an activating group) is 1. The number of rotatable bonds is 5. The number of benzene rings is 1. The van der Waals surface area contributed by atoms with Crippen molar-refractivity contribution in [2.75, 3.05) is 20.1 Å². The molecule has 2 nitrogen and oxygen atoms in total.